The molecule has 5 bridgehead atoms. The number of aliphatic imine (C=N–C) groups is 1. The molecule has 5 heteroatoms. The summed E-state index contributed by atoms with van der Waals surface area (Å²) in [4.78, 5) is 17.7. The number of benzene rings is 1. The summed E-state index contributed by atoms with van der Waals surface area (Å²) in [6.07, 6.45) is 12.9. The number of hydrogen-bond donors (Lipinski definition) is 2. The van der Waals surface area contributed by atoms with Crippen LogP contribution in [0.1, 0.15) is 57.3 Å². The molecule has 0 radical (unpaired) electrons. The Bertz CT molecular complexity index is 1100. The molecule has 2 aliphatic carbocycles. The summed E-state index contributed by atoms with van der Waals surface area (Å²) in [7, 11) is 0. The van der Waals surface area contributed by atoms with Gasteiger partial charge in [-0.1, -0.05) is 55.4 Å². The molecular formula is C28H34N2O3. The largest absolute Gasteiger partial charge is 0.507 e. The van der Waals surface area contributed by atoms with E-state index in [1.807, 2.05) is 0 Å². The van der Waals surface area contributed by atoms with Gasteiger partial charge >= 0.3 is 5.97 Å². The van der Waals surface area contributed by atoms with Gasteiger partial charge in [0, 0.05) is 29.9 Å². The van der Waals surface area contributed by atoms with Gasteiger partial charge in [-0.3, -0.25) is 4.99 Å². The fourth-order valence-corrected chi connectivity index (χ4v) is 5.66. The topological polar surface area (TPSA) is 73.1 Å². The number of carboxylic acid groups (broad SMARTS) is 1. The lowest BCUT2D eigenvalue weighted by molar-refractivity contribution is 0.0693. The number of carboxylic acids is 1. The molecule has 2 heterocycles. The molecule has 3 atom stereocenters. The minimum Gasteiger partial charge on any atom is -0.507 e. The summed E-state index contributed by atoms with van der Waals surface area (Å²) in [6.45, 7) is 11.2. The molecule has 0 spiro atoms. The van der Waals surface area contributed by atoms with E-state index < -0.39 is 5.97 Å². The van der Waals surface area contributed by atoms with Gasteiger partial charge in [-0.2, -0.15) is 0 Å². The van der Waals surface area contributed by atoms with Crippen LogP contribution in [0.4, 0.5) is 0 Å². The monoisotopic (exact) mass is 446 g/mol. The van der Waals surface area contributed by atoms with E-state index in [0.29, 0.717) is 12.0 Å². The third-order valence-electron chi connectivity index (χ3n) is 7.63. The lowest BCUT2D eigenvalue weighted by Crippen LogP contribution is -2.46. The number of nitrogens with zero attached hydrogens (tertiary/aromatic N) is 2. The van der Waals surface area contributed by atoms with Gasteiger partial charge in [0.15, 0.2) is 0 Å². The van der Waals surface area contributed by atoms with Gasteiger partial charge in [-0.05, 0) is 62.3 Å². The highest BCUT2D eigenvalue weighted by atomic mass is 16.4. The van der Waals surface area contributed by atoms with Gasteiger partial charge in [0.25, 0.3) is 0 Å². The normalized spacial score (nSPS) is 28.9. The van der Waals surface area contributed by atoms with Crippen LogP contribution in [-0.4, -0.2) is 46.4 Å². The van der Waals surface area contributed by atoms with Crippen LogP contribution in [0.5, 0.6) is 5.75 Å². The Morgan fingerprint density at radius 3 is 2.70 bits per heavy atom. The fourth-order valence-electron chi connectivity index (χ4n) is 5.66. The second-order valence-corrected chi connectivity index (χ2v) is 9.81. The van der Waals surface area contributed by atoms with E-state index in [2.05, 4.69) is 57.0 Å². The lowest BCUT2D eigenvalue weighted by Gasteiger charge is -2.46. The summed E-state index contributed by atoms with van der Waals surface area (Å²) in [5.74, 6) is -0.711. The van der Waals surface area contributed by atoms with Gasteiger partial charge in [-0.15, -0.1) is 0 Å². The Labute approximate surface area is 196 Å². The third-order valence-corrected chi connectivity index (χ3v) is 7.63. The van der Waals surface area contributed by atoms with Crippen LogP contribution in [0.3, 0.4) is 0 Å². The number of aromatic hydroxyl groups is 1. The highest BCUT2D eigenvalue weighted by molar-refractivity contribution is 5.90. The van der Waals surface area contributed by atoms with Crippen LogP contribution in [0, 0.1) is 11.3 Å². The van der Waals surface area contributed by atoms with E-state index in [9.17, 15) is 4.79 Å². The first-order chi connectivity index (χ1) is 15.7. The van der Waals surface area contributed by atoms with Crippen molar-refractivity contribution in [1.29, 1.82) is 0 Å². The van der Waals surface area contributed by atoms with Crippen molar-refractivity contribution in [3.63, 3.8) is 0 Å². The Morgan fingerprint density at radius 1 is 1.27 bits per heavy atom. The SMILES string of the molecule is CC(C)=CCN1C2=C3CC1C(C)C1(C)/C=N\C/C=C\C3=C1CC2.O=C(O)c1ccccc1O. The quantitative estimate of drug-likeness (QED) is 0.579. The predicted octanol–water partition coefficient (Wildman–Crippen LogP) is 5.76. The molecular weight excluding hydrogens is 412 g/mol. The highest BCUT2D eigenvalue weighted by Crippen LogP contribution is 2.56. The molecule has 5 nitrogen and oxygen atoms in total. The molecule has 1 aromatic carbocycles. The van der Waals surface area contributed by atoms with E-state index >= 15 is 0 Å². The summed E-state index contributed by atoms with van der Waals surface area (Å²) in [5.41, 5.74) is 7.93. The van der Waals surface area contributed by atoms with Crippen molar-refractivity contribution < 1.29 is 15.0 Å². The number of likely N-dealkylation sites (tertiary alicyclic amines) is 1. The molecule has 2 N–H and O–H groups in total. The maximum Gasteiger partial charge on any atom is 0.339 e. The van der Waals surface area contributed by atoms with Gasteiger partial charge in [0.2, 0.25) is 0 Å². The van der Waals surface area contributed by atoms with Crippen molar-refractivity contribution in [2.75, 3.05) is 13.1 Å². The number of fused-ring (bicyclic) bond motifs is 1. The van der Waals surface area contributed by atoms with Gasteiger partial charge in [0.1, 0.15) is 11.3 Å². The molecule has 3 unspecified atom stereocenters. The summed E-state index contributed by atoms with van der Waals surface area (Å²) >= 11 is 0. The summed E-state index contributed by atoms with van der Waals surface area (Å²) in [6, 6.07) is 6.43. The number of hydrogen-bond acceptors (Lipinski definition) is 4. The average Bonchev–Trinajstić information content (AvgIpc) is 3.11. The molecule has 1 aromatic rings. The second-order valence-electron chi connectivity index (χ2n) is 9.81. The molecule has 174 valence electrons. The third kappa shape index (κ3) is 4.17. The number of para-hydroxylation sites is 1. The van der Waals surface area contributed by atoms with E-state index in [-0.39, 0.29) is 16.7 Å². The molecule has 2 aliphatic heterocycles. The number of phenols is 1. The van der Waals surface area contributed by atoms with E-state index in [0.717, 1.165) is 13.1 Å². The zero-order valence-electron chi connectivity index (χ0n) is 20.0. The standard InChI is InChI=1S/C21H28N2.C7H6O3/c1-14(2)9-11-23-19-8-7-18-16-6-5-10-22-13-21(18,4)15(3)20(23)12-17(16)19;8-6-4-2-1-3-5(6)7(9)10/h5-6,9,13,15,20H,7-8,10-12H2,1-4H3;1-4,8H,(H,9,10)/b6-5-,22-13-;. The van der Waals surface area contributed by atoms with Gasteiger partial charge in [-0.25, -0.2) is 4.79 Å². The van der Waals surface area contributed by atoms with Crippen LogP contribution in [0.2, 0.25) is 0 Å². The minimum atomic E-state index is -1.11. The first-order valence-corrected chi connectivity index (χ1v) is 11.8. The smallest absolute Gasteiger partial charge is 0.339 e. The van der Waals surface area contributed by atoms with Gasteiger partial charge < -0.3 is 15.1 Å². The lowest BCUT2D eigenvalue weighted by atomic mass is 9.66. The zero-order chi connectivity index (χ0) is 23.8. The maximum absolute atomic E-state index is 10.3. The van der Waals surface area contributed by atoms with Crippen LogP contribution < -0.4 is 0 Å². The van der Waals surface area contributed by atoms with Crippen LogP contribution in [0.15, 0.2) is 75.5 Å². The summed E-state index contributed by atoms with van der Waals surface area (Å²) < 4.78 is 0. The summed E-state index contributed by atoms with van der Waals surface area (Å²) in [5, 5.41) is 17.3. The first-order valence-electron chi connectivity index (χ1n) is 11.8. The van der Waals surface area contributed by atoms with E-state index in [1.54, 1.807) is 34.5 Å². The van der Waals surface area contributed by atoms with E-state index in [4.69, 9.17) is 15.2 Å². The van der Waals surface area contributed by atoms with Crippen LogP contribution in [-0.2, 0) is 0 Å². The van der Waals surface area contributed by atoms with Crippen molar-refractivity contribution in [1.82, 2.24) is 4.90 Å². The highest BCUT2D eigenvalue weighted by Gasteiger charge is 2.50. The van der Waals surface area contributed by atoms with Crippen molar-refractivity contribution in [2.45, 2.75) is 53.0 Å². The Hall–Kier alpha value is -3.08. The molecule has 0 aromatic heterocycles. The van der Waals surface area contributed by atoms with Crippen LogP contribution >= 0.6 is 0 Å². The van der Waals surface area contributed by atoms with Crippen molar-refractivity contribution in [2.24, 2.45) is 16.3 Å². The Kier molecular flexibility index (Phi) is 6.33. The Balaban J connectivity index is 0.000000219. The van der Waals surface area contributed by atoms with Gasteiger partial charge in [0.05, 0.1) is 6.54 Å². The predicted molar refractivity (Wildman–Crippen MR) is 133 cm³/mol. The van der Waals surface area contributed by atoms with Crippen molar-refractivity contribution >= 4 is 12.2 Å². The molecule has 0 saturated heterocycles. The number of rotatable bonds is 3. The number of allylic oxidation sites excluding steroid dienone is 5. The Morgan fingerprint density at radius 2 is 2.03 bits per heavy atom. The minimum absolute atomic E-state index is 0.0671. The molecule has 0 saturated carbocycles. The molecule has 4 aliphatic rings. The molecule has 33 heavy (non-hydrogen) atoms. The molecule has 5 rings (SSSR count). The molecule has 0 amide bonds. The molecule has 0 fully saturated rings. The number of aromatic carboxylic acids is 1. The zero-order valence-corrected chi connectivity index (χ0v) is 20.0. The fraction of sp³-hybridized carbons (Fsp3) is 0.429. The van der Waals surface area contributed by atoms with Crippen LogP contribution in [0.25, 0.3) is 0 Å². The number of carbonyl (C=O) groups is 1. The average molecular weight is 447 g/mol. The van der Waals surface area contributed by atoms with Crippen molar-refractivity contribution in [3.8, 4) is 5.75 Å². The van der Waals surface area contributed by atoms with Crippen molar-refractivity contribution in [3.05, 3.63) is 76.0 Å². The van der Waals surface area contributed by atoms with E-state index in [1.165, 1.54) is 37.0 Å². The second kappa shape index (κ2) is 9.05. The maximum atomic E-state index is 10.3. The first kappa shape index (κ1) is 23.1.